The number of benzene rings is 1. The molecule has 3 amide bonds. The third-order valence-corrected chi connectivity index (χ3v) is 9.94. The number of likely N-dealkylation sites (tertiary alicyclic amines) is 1. The summed E-state index contributed by atoms with van der Waals surface area (Å²) in [6.07, 6.45) is 3.63. The van der Waals surface area contributed by atoms with Gasteiger partial charge in [0.25, 0.3) is 0 Å². The van der Waals surface area contributed by atoms with Gasteiger partial charge in [-0.2, -0.15) is 0 Å². The summed E-state index contributed by atoms with van der Waals surface area (Å²) in [4.78, 5) is 39.8. The molecule has 1 saturated heterocycles. The predicted molar refractivity (Wildman–Crippen MR) is 121 cm³/mol. The van der Waals surface area contributed by atoms with Crippen molar-refractivity contribution in [1.82, 2.24) is 4.90 Å². The molecule has 2 saturated carbocycles. The molecule has 1 heterocycles. The normalized spacial score (nSPS) is 31.9. The van der Waals surface area contributed by atoms with Crippen LogP contribution in [0.25, 0.3) is 0 Å². The zero-order chi connectivity index (χ0) is 21.4. The number of fused-ring (bicyclic) bond motifs is 5. The molecule has 1 aromatic carbocycles. The summed E-state index contributed by atoms with van der Waals surface area (Å²) in [6.45, 7) is 0.462. The maximum Gasteiger partial charge on any atom is 0.233 e. The van der Waals surface area contributed by atoms with Crippen LogP contribution in [0.4, 0.5) is 5.69 Å². The van der Waals surface area contributed by atoms with E-state index in [0.29, 0.717) is 13.0 Å². The fourth-order valence-corrected chi connectivity index (χ4v) is 7.13. The molecule has 3 aliphatic rings. The Morgan fingerprint density at radius 1 is 1.03 bits per heavy atom. The van der Waals surface area contributed by atoms with Crippen LogP contribution in [-0.2, 0) is 14.4 Å². The van der Waals surface area contributed by atoms with Crippen molar-refractivity contribution in [2.75, 3.05) is 19.0 Å². The van der Waals surface area contributed by atoms with E-state index in [0.717, 1.165) is 37.1 Å². The van der Waals surface area contributed by atoms with E-state index >= 15 is 0 Å². The smallest absolute Gasteiger partial charge is 0.233 e. The Morgan fingerprint density at radius 2 is 1.63 bits per heavy atom. The summed E-state index contributed by atoms with van der Waals surface area (Å²) in [5.41, 5.74) is 0.741. The lowest BCUT2D eigenvalue weighted by atomic mass is 9.81. The second kappa shape index (κ2) is 8.99. The molecule has 8 heteroatoms. The molecule has 6 atom stereocenters. The molecule has 30 heavy (non-hydrogen) atoms. The van der Waals surface area contributed by atoms with Gasteiger partial charge in [0.1, 0.15) is 5.75 Å². The molecule has 0 aromatic heterocycles. The summed E-state index contributed by atoms with van der Waals surface area (Å²) in [5, 5.41) is 2.87. The van der Waals surface area contributed by atoms with Crippen LogP contribution in [0, 0.1) is 23.7 Å². The van der Waals surface area contributed by atoms with Gasteiger partial charge in [-0.25, -0.2) is 0 Å². The fourth-order valence-electron chi connectivity index (χ4n) is 5.26. The van der Waals surface area contributed by atoms with E-state index in [-0.39, 0.29) is 51.0 Å². The summed E-state index contributed by atoms with van der Waals surface area (Å²) in [6, 6.07) is 7.22. The third kappa shape index (κ3) is 3.93. The maximum atomic E-state index is 12.9. The van der Waals surface area contributed by atoms with Gasteiger partial charge >= 0.3 is 0 Å². The molecule has 0 spiro atoms. The number of imide groups is 1. The summed E-state index contributed by atoms with van der Waals surface area (Å²) < 4.78 is 5.10. The fraction of sp³-hybridized carbons (Fsp3) is 0.591. The summed E-state index contributed by atoms with van der Waals surface area (Å²) >= 11 is 7.42. The number of hydrogen-bond donors (Lipinski definition) is 1. The number of alkyl halides is 2. The minimum atomic E-state index is -0.143. The lowest BCUT2D eigenvalue weighted by Crippen LogP contribution is -2.37. The maximum absolute atomic E-state index is 12.9. The highest BCUT2D eigenvalue weighted by Crippen LogP contribution is 2.60. The standard InChI is InChI=1S/C22H26Br2N2O4/c1-30-13-8-6-12(7-9-13)25-16(27)5-3-2-4-10-26-21(28)17-14-11-15(18(17)22(26)29)20(24)19(14)23/h6-9,14-15,17-20H,2-5,10-11H2,1H3,(H,25,27)/t14-,15-,17-,18-,19+,20+/m1/s1. The largest absolute Gasteiger partial charge is 0.497 e. The molecule has 1 N–H and O–H groups in total. The van der Waals surface area contributed by atoms with Crippen LogP contribution in [0.15, 0.2) is 24.3 Å². The molecular weight excluding hydrogens is 516 g/mol. The van der Waals surface area contributed by atoms with Crippen LogP contribution >= 0.6 is 31.9 Å². The lowest BCUT2D eigenvalue weighted by Gasteiger charge is -2.28. The van der Waals surface area contributed by atoms with Crippen molar-refractivity contribution in [2.24, 2.45) is 23.7 Å². The van der Waals surface area contributed by atoms with Crippen molar-refractivity contribution in [2.45, 2.75) is 41.8 Å². The van der Waals surface area contributed by atoms with Crippen molar-refractivity contribution >= 4 is 55.3 Å². The molecule has 1 aliphatic heterocycles. The number of nitrogens with one attached hydrogen (secondary N) is 1. The highest BCUT2D eigenvalue weighted by Gasteiger charge is 2.66. The Balaban J connectivity index is 1.19. The minimum absolute atomic E-state index is 0.0126. The number of rotatable bonds is 8. The van der Waals surface area contributed by atoms with Gasteiger partial charge in [-0.3, -0.25) is 19.3 Å². The van der Waals surface area contributed by atoms with E-state index < -0.39 is 0 Å². The van der Waals surface area contributed by atoms with Crippen LogP contribution in [0.3, 0.4) is 0 Å². The van der Waals surface area contributed by atoms with Gasteiger partial charge in [-0.05, 0) is 55.4 Å². The van der Waals surface area contributed by atoms with Gasteiger partial charge in [0.2, 0.25) is 17.7 Å². The molecular formula is C22H26Br2N2O4. The molecule has 0 unspecified atom stereocenters. The monoisotopic (exact) mass is 540 g/mol. The average Bonchev–Trinajstić information content (AvgIpc) is 3.34. The topological polar surface area (TPSA) is 75.7 Å². The number of methoxy groups -OCH3 is 1. The molecule has 3 fully saturated rings. The number of carbonyl (C=O) groups excluding carboxylic acids is 3. The number of ether oxygens (including phenoxy) is 1. The molecule has 4 rings (SSSR count). The second-order valence-corrected chi connectivity index (χ2v) is 10.5. The van der Waals surface area contributed by atoms with Gasteiger partial charge in [-0.15, -0.1) is 0 Å². The van der Waals surface area contributed by atoms with Gasteiger partial charge in [0.15, 0.2) is 0 Å². The molecule has 2 aliphatic carbocycles. The number of carbonyl (C=O) groups is 3. The zero-order valence-corrected chi connectivity index (χ0v) is 20.0. The number of nitrogens with zero attached hydrogens (tertiary/aromatic N) is 1. The first-order valence-electron chi connectivity index (χ1n) is 10.5. The van der Waals surface area contributed by atoms with Gasteiger partial charge in [-0.1, -0.05) is 38.3 Å². The average molecular weight is 542 g/mol. The zero-order valence-electron chi connectivity index (χ0n) is 16.9. The first-order chi connectivity index (χ1) is 14.4. The Labute approximate surface area is 193 Å². The van der Waals surface area contributed by atoms with E-state index in [1.807, 2.05) is 0 Å². The molecule has 1 aromatic rings. The molecule has 6 nitrogen and oxygen atoms in total. The van der Waals surface area contributed by atoms with E-state index in [9.17, 15) is 14.4 Å². The van der Waals surface area contributed by atoms with Crippen molar-refractivity contribution < 1.29 is 19.1 Å². The van der Waals surface area contributed by atoms with Crippen molar-refractivity contribution in [1.29, 1.82) is 0 Å². The van der Waals surface area contributed by atoms with Crippen LogP contribution in [0.1, 0.15) is 32.1 Å². The van der Waals surface area contributed by atoms with Crippen molar-refractivity contribution in [3.63, 3.8) is 0 Å². The second-order valence-electron chi connectivity index (χ2n) is 8.42. The van der Waals surface area contributed by atoms with Crippen LogP contribution in [0.5, 0.6) is 5.75 Å². The van der Waals surface area contributed by atoms with Gasteiger partial charge in [0.05, 0.1) is 18.9 Å². The van der Waals surface area contributed by atoms with E-state index in [1.54, 1.807) is 31.4 Å². The minimum Gasteiger partial charge on any atom is -0.497 e. The SMILES string of the molecule is COc1ccc(NC(=O)CCCCCN2C(=O)[C@@H]3[C@H]4C[C@@H]([C@H](Br)[C@H]4Br)[C@H]3C2=O)cc1. The third-order valence-electron chi connectivity index (χ3n) is 6.74. The number of hydrogen-bond acceptors (Lipinski definition) is 4. The molecule has 2 bridgehead atoms. The van der Waals surface area contributed by atoms with Gasteiger partial charge in [0, 0.05) is 28.3 Å². The van der Waals surface area contributed by atoms with Crippen LogP contribution < -0.4 is 10.1 Å². The number of unbranched alkanes of at least 4 members (excludes halogenated alkanes) is 2. The Kier molecular flexibility index (Phi) is 6.53. The lowest BCUT2D eigenvalue weighted by molar-refractivity contribution is -0.140. The van der Waals surface area contributed by atoms with Gasteiger partial charge < -0.3 is 10.1 Å². The molecule has 162 valence electrons. The first kappa shape index (κ1) is 21.8. The highest BCUT2D eigenvalue weighted by molar-refractivity contribution is 9.12. The van der Waals surface area contributed by atoms with E-state index in [4.69, 9.17) is 4.74 Å². The Morgan fingerprint density at radius 3 is 2.20 bits per heavy atom. The highest BCUT2D eigenvalue weighted by atomic mass is 79.9. The number of anilines is 1. The Bertz CT molecular complexity index is 799. The number of amides is 3. The Hall–Kier alpha value is -1.41. The predicted octanol–water partition coefficient (Wildman–Crippen LogP) is 3.97. The van der Waals surface area contributed by atoms with Crippen LogP contribution in [0.2, 0.25) is 0 Å². The summed E-state index contributed by atoms with van der Waals surface area (Å²) in [7, 11) is 1.60. The quantitative estimate of drug-likeness (QED) is 0.307. The van der Waals surface area contributed by atoms with Crippen molar-refractivity contribution in [3.8, 4) is 5.75 Å². The number of halogens is 2. The molecule has 0 radical (unpaired) electrons. The van der Waals surface area contributed by atoms with Crippen LogP contribution in [-0.4, -0.2) is 45.9 Å². The summed E-state index contributed by atoms with van der Waals surface area (Å²) in [5.74, 6) is 0.963. The van der Waals surface area contributed by atoms with Crippen molar-refractivity contribution in [3.05, 3.63) is 24.3 Å². The first-order valence-corrected chi connectivity index (χ1v) is 12.3. The van der Waals surface area contributed by atoms with E-state index in [2.05, 4.69) is 37.2 Å². The van der Waals surface area contributed by atoms with E-state index in [1.165, 1.54) is 4.90 Å².